The summed E-state index contributed by atoms with van der Waals surface area (Å²) in [5.74, 6) is 2.02. The van der Waals surface area contributed by atoms with Crippen molar-refractivity contribution in [2.45, 2.75) is 38.3 Å². The van der Waals surface area contributed by atoms with Gasteiger partial charge in [-0.15, -0.1) is 0 Å². The zero-order valence-electron chi connectivity index (χ0n) is 18.8. The van der Waals surface area contributed by atoms with Crippen LogP contribution in [0.15, 0.2) is 53.1 Å². The number of furan rings is 1. The topological polar surface area (TPSA) is 66.2 Å². The number of likely N-dealkylation sites (N-methyl/N-ethyl adjacent to an activating group) is 1. The minimum atomic E-state index is -0.129. The second kappa shape index (κ2) is 10.7. The predicted octanol–water partition coefficient (Wildman–Crippen LogP) is 3.02. The molecule has 0 bridgehead atoms. The third-order valence-electron chi connectivity index (χ3n) is 6.61. The Labute approximate surface area is 189 Å². The van der Waals surface area contributed by atoms with Gasteiger partial charge in [0, 0.05) is 33.2 Å². The van der Waals surface area contributed by atoms with Crippen molar-refractivity contribution < 1.29 is 18.7 Å². The van der Waals surface area contributed by atoms with E-state index in [0.29, 0.717) is 44.4 Å². The summed E-state index contributed by atoms with van der Waals surface area (Å²) in [6.45, 7) is 3.17. The zero-order chi connectivity index (χ0) is 22.3. The summed E-state index contributed by atoms with van der Waals surface area (Å²) in [5, 5.41) is 0. The lowest BCUT2D eigenvalue weighted by atomic mass is 9.94. The molecule has 0 N–H and O–H groups in total. The number of rotatable bonds is 8. The number of ether oxygens (including phenoxy) is 1. The smallest absolute Gasteiger partial charge is 0.260 e. The lowest BCUT2D eigenvalue weighted by molar-refractivity contribution is -0.141. The molecule has 7 heteroatoms. The highest BCUT2D eigenvalue weighted by Gasteiger charge is 2.38. The quantitative estimate of drug-likeness (QED) is 0.633. The van der Waals surface area contributed by atoms with Crippen LogP contribution in [0.3, 0.4) is 0 Å². The highest BCUT2D eigenvalue weighted by atomic mass is 16.5. The third kappa shape index (κ3) is 5.51. The second-order valence-electron chi connectivity index (χ2n) is 8.78. The molecular weight excluding hydrogens is 406 g/mol. The van der Waals surface area contributed by atoms with E-state index in [1.54, 1.807) is 11.2 Å². The molecule has 2 fully saturated rings. The minimum Gasteiger partial charge on any atom is -0.484 e. The molecule has 1 atom stereocenters. The van der Waals surface area contributed by atoms with Crippen molar-refractivity contribution in [1.82, 2.24) is 14.7 Å². The molecule has 1 aromatic carbocycles. The van der Waals surface area contributed by atoms with Gasteiger partial charge >= 0.3 is 0 Å². The van der Waals surface area contributed by atoms with Gasteiger partial charge in [0.05, 0.1) is 18.8 Å². The molecule has 1 saturated carbocycles. The Morgan fingerprint density at radius 2 is 1.78 bits per heavy atom. The van der Waals surface area contributed by atoms with Crippen LogP contribution in [-0.4, -0.2) is 72.4 Å². The maximum absolute atomic E-state index is 13.5. The Bertz CT molecular complexity index is 857. The molecule has 1 aliphatic carbocycles. The van der Waals surface area contributed by atoms with Gasteiger partial charge in [0.25, 0.3) is 5.91 Å². The van der Waals surface area contributed by atoms with Gasteiger partial charge in [-0.2, -0.15) is 0 Å². The molecule has 2 heterocycles. The van der Waals surface area contributed by atoms with E-state index in [4.69, 9.17) is 9.15 Å². The number of amides is 2. The van der Waals surface area contributed by atoms with Gasteiger partial charge in [-0.3, -0.25) is 14.5 Å². The van der Waals surface area contributed by atoms with Crippen LogP contribution >= 0.6 is 0 Å². The van der Waals surface area contributed by atoms with Crippen LogP contribution in [0.5, 0.6) is 5.75 Å². The van der Waals surface area contributed by atoms with Gasteiger partial charge < -0.3 is 19.0 Å². The van der Waals surface area contributed by atoms with Crippen molar-refractivity contribution >= 4 is 11.8 Å². The first-order chi connectivity index (χ1) is 15.6. The van der Waals surface area contributed by atoms with Crippen molar-refractivity contribution in [3.63, 3.8) is 0 Å². The number of carbonyl (C=O) groups excluding carboxylic acids is 2. The number of carbonyl (C=O) groups is 2. The largest absolute Gasteiger partial charge is 0.484 e. The highest BCUT2D eigenvalue weighted by molar-refractivity contribution is 5.82. The summed E-state index contributed by atoms with van der Waals surface area (Å²) >= 11 is 0. The summed E-state index contributed by atoms with van der Waals surface area (Å²) in [6.07, 6.45) is 6.20. The number of piperazine rings is 1. The number of nitrogens with zero attached hydrogens (tertiary/aromatic N) is 3. The lowest BCUT2D eigenvalue weighted by Crippen LogP contribution is -2.58. The van der Waals surface area contributed by atoms with Crippen molar-refractivity contribution in [3.05, 3.63) is 54.5 Å². The van der Waals surface area contributed by atoms with Crippen LogP contribution in [0.25, 0.3) is 0 Å². The van der Waals surface area contributed by atoms with E-state index in [1.165, 1.54) is 12.8 Å². The molecule has 7 nitrogen and oxygen atoms in total. The molecule has 172 valence electrons. The molecule has 2 amide bonds. The fraction of sp³-hybridized carbons (Fsp3) is 0.520. The molecule has 1 aliphatic heterocycles. The first-order valence-electron chi connectivity index (χ1n) is 11.6. The van der Waals surface area contributed by atoms with E-state index in [2.05, 4.69) is 4.90 Å². The van der Waals surface area contributed by atoms with E-state index in [-0.39, 0.29) is 24.5 Å². The summed E-state index contributed by atoms with van der Waals surface area (Å²) < 4.78 is 11.1. The van der Waals surface area contributed by atoms with Gasteiger partial charge in [0.1, 0.15) is 11.5 Å². The van der Waals surface area contributed by atoms with Crippen LogP contribution in [-0.2, 0) is 16.1 Å². The molecule has 1 aromatic heterocycles. The van der Waals surface area contributed by atoms with E-state index in [1.807, 2.05) is 54.4 Å². The van der Waals surface area contributed by atoms with Crippen LogP contribution in [0, 0.1) is 5.92 Å². The minimum absolute atomic E-state index is 0.00724. The molecule has 1 unspecified atom stereocenters. The summed E-state index contributed by atoms with van der Waals surface area (Å²) in [6, 6.07) is 13.0. The van der Waals surface area contributed by atoms with E-state index in [0.717, 1.165) is 18.6 Å². The van der Waals surface area contributed by atoms with Crippen LogP contribution in [0.4, 0.5) is 0 Å². The van der Waals surface area contributed by atoms with E-state index >= 15 is 0 Å². The molecule has 0 spiro atoms. The maximum Gasteiger partial charge on any atom is 0.260 e. The van der Waals surface area contributed by atoms with Crippen molar-refractivity contribution in [2.24, 2.45) is 5.92 Å². The van der Waals surface area contributed by atoms with Gasteiger partial charge in [-0.25, -0.2) is 0 Å². The second-order valence-corrected chi connectivity index (χ2v) is 8.78. The van der Waals surface area contributed by atoms with Crippen molar-refractivity contribution in [1.29, 1.82) is 0 Å². The van der Waals surface area contributed by atoms with Crippen molar-refractivity contribution in [3.8, 4) is 5.75 Å². The molecule has 2 aliphatic rings. The Morgan fingerprint density at radius 3 is 2.44 bits per heavy atom. The fourth-order valence-electron chi connectivity index (χ4n) is 4.87. The Balaban J connectivity index is 1.33. The average Bonchev–Trinajstić information content (AvgIpc) is 3.53. The van der Waals surface area contributed by atoms with Gasteiger partial charge in [0.2, 0.25) is 5.91 Å². The molecular formula is C25H33N3O4. The highest BCUT2D eigenvalue weighted by Crippen LogP contribution is 2.32. The summed E-state index contributed by atoms with van der Waals surface area (Å²) in [4.78, 5) is 32.0. The zero-order valence-corrected chi connectivity index (χ0v) is 18.8. The Morgan fingerprint density at radius 1 is 1.06 bits per heavy atom. The molecule has 0 radical (unpaired) electrons. The average molecular weight is 440 g/mol. The predicted molar refractivity (Wildman–Crippen MR) is 121 cm³/mol. The van der Waals surface area contributed by atoms with Crippen molar-refractivity contribution in [2.75, 3.05) is 39.8 Å². The third-order valence-corrected chi connectivity index (χ3v) is 6.61. The molecule has 2 aromatic rings. The van der Waals surface area contributed by atoms with Gasteiger partial charge in [-0.1, -0.05) is 31.0 Å². The first-order valence-corrected chi connectivity index (χ1v) is 11.6. The van der Waals surface area contributed by atoms with E-state index < -0.39 is 0 Å². The van der Waals surface area contributed by atoms with E-state index in [9.17, 15) is 9.59 Å². The Hall–Kier alpha value is -2.80. The first kappa shape index (κ1) is 22.4. The summed E-state index contributed by atoms with van der Waals surface area (Å²) in [7, 11) is 1.85. The molecule has 4 rings (SSSR count). The molecule has 1 saturated heterocycles. The number of benzene rings is 1. The van der Waals surface area contributed by atoms with Gasteiger partial charge in [-0.05, 0) is 43.0 Å². The standard InChI is InChI=1S/C25H33N3O4/c1-26(18-22-12-7-17-31-22)25(30)24(20-8-5-6-9-20)28-15-13-27(14-16-28)23(29)19-32-21-10-3-2-4-11-21/h2-4,7,10-12,17,20,24H,5-6,8-9,13-16,18-19H2,1H3. The van der Waals surface area contributed by atoms with Crippen LogP contribution in [0.2, 0.25) is 0 Å². The Kier molecular flexibility index (Phi) is 7.47. The van der Waals surface area contributed by atoms with Crippen LogP contribution in [0.1, 0.15) is 31.4 Å². The maximum atomic E-state index is 13.5. The normalized spacial score (nSPS) is 18.5. The number of hydrogen-bond acceptors (Lipinski definition) is 5. The number of para-hydroxylation sites is 1. The lowest BCUT2D eigenvalue weighted by Gasteiger charge is -2.41. The fourth-order valence-corrected chi connectivity index (χ4v) is 4.87. The summed E-state index contributed by atoms with van der Waals surface area (Å²) in [5.41, 5.74) is 0. The van der Waals surface area contributed by atoms with Gasteiger partial charge in [0.15, 0.2) is 6.61 Å². The molecule has 32 heavy (non-hydrogen) atoms. The number of hydrogen-bond donors (Lipinski definition) is 0. The SMILES string of the molecule is CN(Cc1ccco1)C(=O)C(C1CCCC1)N1CCN(C(=O)COc2ccccc2)CC1. The van der Waals surface area contributed by atoms with Crippen LogP contribution < -0.4 is 4.74 Å². The monoisotopic (exact) mass is 439 g/mol.